The number of rotatable bonds is 5. The number of aliphatic carboxylic acids is 1. The van der Waals surface area contributed by atoms with Crippen LogP contribution in [0.15, 0.2) is 12.1 Å². The van der Waals surface area contributed by atoms with Crippen LogP contribution in [0.2, 0.25) is 0 Å². The Bertz CT molecular complexity index is 626. The van der Waals surface area contributed by atoms with Gasteiger partial charge in [0, 0.05) is 19.6 Å². The number of hydrogen-bond acceptors (Lipinski definition) is 3. The third-order valence-corrected chi connectivity index (χ3v) is 5.50. The van der Waals surface area contributed by atoms with Crippen LogP contribution in [-0.4, -0.2) is 35.7 Å². The predicted octanol–water partition coefficient (Wildman–Crippen LogP) is 3.59. The topological polar surface area (TPSA) is 49.8 Å². The molecule has 1 aliphatic heterocycles. The quantitative estimate of drug-likeness (QED) is 0.891. The van der Waals surface area contributed by atoms with Crippen molar-refractivity contribution in [3.05, 3.63) is 28.8 Å². The summed E-state index contributed by atoms with van der Waals surface area (Å²) in [6.07, 6.45) is 2.72. The average Bonchev–Trinajstić information content (AvgIpc) is 3.00. The summed E-state index contributed by atoms with van der Waals surface area (Å²) in [6, 6.07) is 3.71. The van der Waals surface area contributed by atoms with Crippen LogP contribution >= 0.6 is 0 Å². The Morgan fingerprint density at radius 1 is 1.42 bits per heavy atom. The molecule has 0 unspecified atom stereocenters. The zero-order chi connectivity index (χ0) is 17.5. The minimum absolute atomic E-state index is 0.221. The van der Waals surface area contributed by atoms with E-state index in [-0.39, 0.29) is 11.7 Å². The van der Waals surface area contributed by atoms with Gasteiger partial charge in [-0.05, 0) is 49.3 Å². The molecule has 2 aliphatic rings. The fourth-order valence-electron chi connectivity index (χ4n) is 4.53. The van der Waals surface area contributed by atoms with Gasteiger partial charge in [0.15, 0.2) is 0 Å². The van der Waals surface area contributed by atoms with Crippen molar-refractivity contribution in [3.63, 3.8) is 0 Å². The molecule has 1 saturated carbocycles. The lowest BCUT2D eigenvalue weighted by Gasteiger charge is -2.23. The molecule has 0 amide bonds. The van der Waals surface area contributed by atoms with E-state index in [1.54, 1.807) is 13.8 Å². The first kappa shape index (κ1) is 17.1. The number of aryl methyl sites for hydroxylation is 2. The summed E-state index contributed by atoms with van der Waals surface area (Å²) in [5.74, 6) is -0.228. The van der Waals surface area contributed by atoms with Crippen molar-refractivity contribution in [2.24, 2.45) is 11.3 Å². The summed E-state index contributed by atoms with van der Waals surface area (Å²) in [4.78, 5) is 13.9. The van der Waals surface area contributed by atoms with Crippen LogP contribution < -0.4 is 4.74 Å². The molecule has 1 saturated heterocycles. The highest BCUT2D eigenvalue weighted by Crippen LogP contribution is 2.49. The molecular formula is C18H23F2NO3. The van der Waals surface area contributed by atoms with Crippen LogP contribution in [0.1, 0.15) is 36.0 Å². The Morgan fingerprint density at radius 3 is 2.62 bits per heavy atom. The van der Waals surface area contributed by atoms with Gasteiger partial charge < -0.3 is 9.84 Å². The SMILES string of the molecule is Cc1cc(CN2C[C@@H]3CCC[C@@]3(C(=O)O)C2)cc(C)c1OC(F)F. The molecule has 0 bridgehead atoms. The van der Waals surface area contributed by atoms with Crippen LogP contribution in [0, 0.1) is 25.2 Å². The van der Waals surface area contributed by atoms with Crippen LogP contribution in [0.3, 0.4) is 0 Å². The van der Waals surface area contributed by atoms with Crippen molar-refractivity contribution < 1.29 is 23.4 Å². The molecule has 6 heteroatoms. The normalized spacial score (nSPS) is 26.8. The van der Waals surface area contributed by atoms with Crippen molar-refractivity contribution >= 4 is 5.97 Å². The molecule has 1 aliphatic carbocycles. The number of alkyl halides is 2. The Morgan fingerprint density at radius 2 is 2.08 bits per heavy atom. The molecule has 1 aromatic rings. The number of carbonyl (C=O) groups is 1. The number of nitrogens with zero attached hydrogens (tertiary/aromatic N) is 1. The Hall–Kier alpha value is -1.69. The standard InChI is InChI=1S/C18H23F2NO3/c1-11-6-13(7-12(2)15(11)24-17(19)20)8-21-9-14-4-3-5-18(14,10-21)16(22)23/h6-7,14,17H,3-5,8-10H2,1-2H3,(H,22,23)/t14-,18+/m0/s1. The van der Waals surface area contributed by atoms with Crippen LogP contribution in [0.25, 0.3) is 0 Å². The maximum atomic E-state index is 12.5. The van der Waals surface area contributed by atoms with E-state index in [0.29, 0.717) is 24.2 Å². The van der Waals surface area contributed by atoms with Crippen molar-refractivity contribution in [1.29, 1.82) is 0 Å². The van der Waals surface area contributed by atoms with E-state index in [9.17, 15) is 18.7 Å². The van der Waals surface area contributed by atoms with Crippen LogP contribution in [0.5, 0.6) is 5.75 Å². The number of fused-ring (bicyclic) bond motifs is 1. The molecule has 0 radical (unpaired) electrons. The maximum Gasteiger partial charge on any atom is 0.387 e. The minimum atomic E-state index is -2.83. The van der Waals surface area contributed by atoms with Crippen LogP contribution in [-0.2, 0) is 11.3 Å². The van der Waals surface area contributed by atoms with Gasteiger partial charge in [-0.3, -0.25) is 9.69 Å². The number of carboxylic acid groups (broad SMARTS) is 1. The number of benzene rings is 1. The monoisotopic (exact) mass is 339 g/mol. The van der Waals surface area contributed by atoms with Gasteiger partial charge in [0.05, 0.1) is 5.41 Å². The highest BCUT2D eigenvalue weighted by atomic mass is 19.3. The van der Waals surface area contributed by atoms with E-state index in [0.717, 1.165) is 31.4 Å². The van der Waals surface area contributed by atoms with Crippen molar-refractivity contribution in [1.82, 2.24) is 4.90 Å². The average molecular weight is 339 g/mol. The molecule has 2 fully saturated rings. The van der Waals surface area contributed by atoms with Gasteiger partial charge in [-0.25, -0.2) is 0 Å². The van der Waals surface area contributed by atoms with Crippen molar-refractivity contribution in [2.45, 2.75) is 46.3 Å². The summed E-state index contributed by atoms with van der Waals surface area (Å²) < 4.78 is 29.5. The number of hydrogen-bond donors (Lipinski definition) is 1. The number of carboxylic acids is 1. The summed E-state index contributed by atoms with van der Waals surface area (Å²) in [7, 11) is 0. The van der Waals surface area contributed by atoms with Gasteiger partial charge in [-0.1, -0.05) is 18.6 Å². The zero-order valence-electron chi connectivity index (χ0n) is 14.0. The third kappa shape index (κ3) is 2.99. The van der Waals surface area contributed by atoms with Gasteiger partial charge in [0.1, 0.15) is 5.75 Å². The van der Waals surface area contributed by atoms with Crippen LogP contribution in [0.4, 0.5) is 8.78 Å². The maximum absolute atomic E-state index is 12.5. The summed E-state index contributed by atoms with van der Waals surface area (Å²) in [6.45, 7) is 2.68. The molecule has 132 valence electrons. The number of ether oxygens (including phenoxy) is 1. The fourth-order valence-corrected chi connectivity index (χ4v) is 4.53. The molecule has 1 aromatic carbocycles. The van der Waals surface area contributed by atoms with Crippen molar-refractivity contribution in [3.8, 4) is 5.75 Å². The molecule has 4 nitrogen and oxygen atoms in total. The van der Waals surface area contributed by atoms with E-state index in [1.807, 2.05) is 12.1 Å². The molecule has 1 N–H and O–H groups in total. The van der Waals surface area contributed by atoms with Gasteiger partial charge in [0.25, 0.3) is 0 Å². The molecule has 2 atom stereocenters. The van der Waals surface area contributed by atoms with Gasteiger partial charge >= 0.3 is 12.6 Å². The lowest BCUT2D eigenvalue weighted by atomic mass is 9.81. The molecule has 0 spiro atoms. The van der Waals surface area contributed by atoms with E-state index in [2.05, 4.69) is 9.64 Å². The number of likely N-dealkylation sites (tertiary alicyclic amines) is 1. The van der Waals surface area contributed by atoms with E-state index < -0.39 is 18.0 Å². The van der Waals surface area contributed by atoms with E-state index in [4.69, 9.17) is 0 Å². The molecule has 0 aromatic heterocycles. The molecule has 1 heterocycles. The fraction of sp³-hybridized carbons (Fsp3) is 0.611. The third-order valence-electron chi connectivity index (χ3n) is 5.50. The Labute approximate surface area is 140 Å². The minimum Gasteiger partial charge on any atom is -0.481 e. The Kier molecular flexibility index (Phi) is 4.51. The summed E-state index contributed by atoms with van der Waals surface area (Å²) in [5, 5.41) is 9.65. The Balaban J connectivity index is 1.75. The second kappa shape index (κ2) is 6.31. The first-order valence-corrected chi connectivity index (χ1v) is 8.32. The predicted molar refractivity (Wildman–Crippen MR) is 85.2 cm³/mol. The first-order valence-electron chi connectivity index (χ1n) is 8.32. The second-order valence-electron chi connectivity index (χ2n) is 7.16. The molecule has 3 rings (SSSR count). The largest absolute Gasteiger partial charge is 0.481 e. The van der Waals surface area contributed by atoms with Crippen molar-refractivity contribution in [2.75, 3.05) is 13.1 Å². The van der Waals surface area contributed by atoms with E-state index in [1.165, 1.54) is 0 Å². The smallest absolute Gasteiger partial charge is 0.387 e. The number of halogens is 2. The molecule has 24 heavy (non-hydrogen) atoms. The highest BCUT2D eigenvalue weighted by Gasteiger charge is 2.54. The zero-order valence-corrected chi connectivity index (χ0v) is 14.0. The van der Waals surface area contributed by atoms with Gasteiger partial charge in [-0.15, -0.1) is 0 Å². The second-order valence-corrected chi connectivity index (χ2v) is 7.16. The van der Waals surface area contributed by atoms with E-state index >= 15 is 0 Å². The lowest BCUT2D eigenvalue weighted by molar-refractivity contribution is -0.149. The first-order chi connectivity index (χ1) is 11.3. The lowest BCUT2D eigenvalue weighted by Crippen LogP contribution is -2.35. The summed E-state index contributed by atoms with van der Waals surface area (Å²) >= 11 is 0. The molecular weight excluding hydrogens is 316 g/mol. The highest BCUT2D eigenvalue weighted by molar-refractivity contribution is 5.76. The van der Waals surface area contributed by atoms with Gasteiger partial charge in [-0.2, -0.15) is 8.78 Å². The van der Waals surface area contributed by atoms with Gasteiger partial charge in [0.2, 0.25) is 0 Å². The summed E-state index contributed by atoms with van der Waals surface area (Å²) in [5.41, 5.74) is 1.77.